The Morgan fingerprint density at radius 1 is 1.39 bits per heavy atom. The molecule has 8 heteroatoms. The van der Waals surface area contributed by atoms with Crippen molar-refractivity contribution < 1.29 is 23.8 Å². The van der Waals surface area contributed by atoms with Gasteiger partial charge in [-0.3, -0.25) is 4.79 Å². The van der Waals surface area contributed by atoms with Gasteiger partial charge in [-0.05, 0) is 24.3 Å². The lowest BCUT2D eigenvalue weighted by Gasteiger charge is -2.10. The van der Waals surface area contributed by atoms with Crippen molar-refractivity contribution in [2.75, 3.05) is 18.2 Å². The number of nitrogens with one attached hydrogen (secondary N) is 1. The van der Waals surface area contributed by atoms with E-state index >= 15 is 0 Å². The van der Waals surface area contributed by atoms with Crippen LogP contribution in [0.25, 0.3) is 0 Å². The number of carboxylic acid groups (broad SMARTS) is 1. The molecule has 1 aromatic carbocycles. The third-order valence-electron chi connectivity index (χ3n) is 2.78. The lowest BCUT2D eigenvalue weighted by Crippen LogP contribution is -2.15. The summed E-state index contributed by atoms with van der Waals surface area (Å²) in [5.41, 5.74) is 0.228. The molecule has 2 N–H and O–H groups in total. The number of nitrogens with zero attached hydrogens (tertiary/aromatic N) is 1. The van der Waals surface area contributed by atoms with Crippen LogP contribution in [0.4, 0.5) is 10.1 Å². The molecule has 0 unspecified atom stereocenters. The second kappa shape index (κ2) is 7.59. The van der Waals surface area contributed by atoms with Gasteiger partial charge in [-0.25, -0.2) is 14.2 Å². The van der Waals surface area contributed by atoms with Crippen LogP contribution in [0.1, 0.15) is 10.4 Å². The highest BCUT2D eigenvalue weighted by molar-refractivity contribution is 8.00. The van der Waals surface area contributed by atoms with Crippen LogP contribution in [0.2, 0.25) is 0 Å². The number of hydrogen-bond acceptors (Lipinski definition) is 5. The van der Waals surface area contributed by atoms with Gasteiger partial charge in [0.15, 0.2) is 0 Å². The molecule has 1 heterocycles. The minimum Gasteiger partial charge on any atom is -0.495 e. The zero-order chi connectivity index (χ0) is 16.8. The number of methoxy groups -OCH3 is 1. The SMILES string of the molecule is COc1ccc(F)cc1NC(=O)CSc1ncccc1C(=O)O. The summed E-state index contributed by atoms with van der Waals surface area (Å²) in [7, 11) is 1.41. The highest BCUT2D eigenvalue weighted by Gasteiger charge is 2.14. The van der Waals surface area contributed by atoms with Crippen LogP contribution in [0.15, 0.2) is 41.6 Å². The van der Waals surface area contributed by atoms with Crippen molar-refractivity contribution in [3.05, 3.63) is 47.9 Å². The number of amides is 1. The number of aromatic carboxylic acids is 1. The number of ether oxygens (including phenoxy) is 1. The summed E-state index contributed by atoms with van der Waals surface area (Å²) in [5.74, 6) is -1.80. The number of pyridine rings is 1. The highest BCUT2D eigenvalue weighted by Crippen LogP contribution is 2.26. The van der Waals surface area contributed by atoms with E-state index in [0.717, 1.165) is 17.8 Å². The van der Waals surface area contributed by atoms with Gasteiger partial charge in [-0.2, -0.15) is 0 Å². The Bertz CT molecular complexity index is 739. The first-order valence-corrected chi connectivity index (χ1v) is 7.44. The van der Waals surface area contributed by atoms with E-state index in [4.69, 9.17) is 9.84 Å². The van der Waals surface area contributed by atoms with E-state index in [1.807, 2.05) is 0 Å². The van der Waals surface area contributed by atoms with Crippen molar-refractivity contribution in [2.24, 2.45) is 0 Å². The van der Waals surface area contributed by atoms with Crippen molar-refractivity contribution in [2.45, 2.75) is 5.03 Å². The lowest BCUT2D eigenvalue weighted by molar-refractivity contribution is -0.113. The van der Waals surface area contributed by atoms with Gasteiger partial charge in [-0.15, -0.1) is 0 Å². The number of thioether (sulfide) groups is 1. The smallest absolute Gasteiger partial charge is 0.338 e. The van der Waals surface area contributed by atoms with Crippen LogP contribution < -0.4 is 10.1 Å². The number of hydrogen-bond donors (Lipinski definition) is 2. The number of carboxylic acids is 1. The molecular weight excluding hydrogens is 323 g/mol. The van der Waals surface area contributed by atoms with Gasteiger partial charge >= 0.3 is 5.97 Å². The minimum atomic E-state index is -1.12. The Morgan fingerprint density at radius 3 is 2.87 bits per heavy atom. The Morgan fingerprint density at radius 2 is 2.17 bits per heavy atom. The van der Waals surface area contributed by atoms with Gasteiger partial charge in [0.25, 0.3) is 0 Å². The van der Waals surface area contributed by atoms with E-state index in [9.17, 15) is 14.0 Å². The molecule has 2 rings (SSSR count). The van der Waals surface area contributed by atoms with Gasteiger partial charge in [0.2, 0.25) is 5.91 Å². The van der Waals surface area contributed by atoms with E-state index in [0.29, 0.717) is 5.75 Å². The fraction of sp³-hybridized carbons (Fsp3) is 0.133. The quantitative estimate of drug-likeness (QED) is 0.789. The molecule has 0 atom stereocenters. The Hall–Kier alpha value is -2.61. The van der Waals surface area contributed by atoms with Crippen LogP contribution >= 0.6 is 11.8 Å². The summed E-state index contributed by atoms with van der Waals surface area (Å²) in [4.78, 5) is 27.0. The third kappa shape index (κ3) is 4.43. The molecule has 0 aliphatic carbocycles. The first-order chi connectivity index (χ1) is 11.0. The van der Waals surface area contributed by atoms with Crippen molar-refractivity contribution in [3.63, 3.8) is 0 Å². The topological polar surface area (TPSA) is 88.5 Å². The predicted octanol–water partition coefficient (Wildman–Crippen LogP) is 2.66. The molecule has 0 spiro atoms. The molecule has 0 aliphatic heterocycles. The number of rotatable bonds is 6. The molecule has 0 saturated heterocycles. The second-order valence-corrected chi connectivity index (χ2v) is 5.31. The standard InChI is InChI=1S/C15H13FN2O4S/c1-22-12-5-4-9(16)7-11(12)18-13(19)8-23-14-10(15(20)21)3-2-6-17-14/h2-7H,8H2,1H3,(H,18,19)(H,20,21). The third-order valence-corrected chi connectivity index (χ3v) is 3.78. The molecule has 120 valence electrons. The molecule has 2 aromatic rings. The average Bonchev–Trinajstić information content (AvgIpc) is 2.53. The number of carbonyl (C=O) groups is 2. The Kier molecular flexibility index (Phi) is 5.53. The van der Waals surface area contributed by atoms with Gasteiger partial charge in [0.1, 0.15) is 16.6 Å². The molecule has 23 heavy (non-hydrogen) atoms. The Balaban J connectivity index is 2.04. The van der Waals surface area contributed by atoms with E-state index in [1.165, 1.54) is 37.6 Å². The van der Waals surface area contributed by atoms with Crippen molar-refractivity contribution in [1.82, 2.24) is 4.98 Å². The number of aromatic nitrogens is 1. The number of halogens is 1. The van der Waals surface area contributed by atoms with Crippen LogP contribution in [0.3, 0.4) is 0 Å². The van der Waals surface area contributed by atoms with Gasteiger partial charge in [0.05, 0.1) is 24.1 Å². The highest BCUT2D eigenvalue weighted by atomic mass is 32.2. The Labute approximate surface area is 135 Å². The van der Waals surface area contributed by atoms with Gasteiger partial charge in [0, 0.05) is 12.3 Å². The predicted molar refractivity (Wildman–Crippen MR) is 83.5 cm³/mol. The second-order valence-electron chi connectivity index (χ2n) is 4.34. The monoisotopic (exact) mass is 336 g/mol. The van der Waals surface area contributed by atoms with Crippen LogP contribution in [0.5, 0.6) is 5.75 Å². The molecule has 1 amide bonds. The van der Waals surface area contributed by atoms with E-state index < -0.39 is 17.7 Å². The van der Waals surface area contributed by atoms with E-state index in [-0.39, 0.29) is 22.0 Å². The summed E-state index contributed by atoms with van der Waals surface area (Å²) in [5, 5.41) is 11.8. The van der Waals surface area contributed by atoms with Gasteiger partial charge in [-0.1, -0.05) is 11.8 Å². The summed E-state index contributed by atoms with van der Waals surface area (Å²) >= 11 is 0.982. The zero-order valence-corrected chi connectivity index (χ0v) is 12.9. The molecule has 0 bridgehead atoms. The summed E-state index contributed by atoms with van der Waals surface area (Å²) in [6, 6.07) is 6.68. The molecule has 1 aromatic heterocycles. The maximum Gasteiger partial charge on any atom is 0.338 e. The summed E-state index contributed by atoms with van der Waals surface area (Å²) in [6.45, 7) is 0. The van der Waals surface area contributed by atoms with Crippen molar-refractivity contribution in [3.8, 4) is 5.75 Å². The molecular formula is C15H13FN2O4S. The van der Waals surface area contributed by atoms with E-state index in [2.05, 4.69) is 10.3 Å². The molecule has 0 saturated carbocycles. The van der Waals surface area contributed by atoms with E-state index in [1.54, 1.807) is 0 Å². The minimum absolute atomic E-state index is 0.0219. The maximum atomic E-state index is 13.2. The fourth-order valence-corrected chi connectivity index (χ4v) is 2.55. The number of anilines is 1. The van der Waals surface area contributed by atoms with Crippen LogP contribution in [0, 0.1) is 5.82 Å². The fourth-order valence-electron chi connectivity index (χ4n) is 1.77. The number of carbonyl (C=O) groups excluding carboxylic acids is 1. The maximum absolute atomic E-state index is 13.2. The first-order valence-electron chi connectivity index (χ1n) is 6.45. The average molecular weight is 336 g/mol. The normalized spacial score (nSPS) is 10.2. The first kappa shape index (κ1) is 16.8. The van der Waals surface area contributed by atoms with Crippen molar-refractivity contribution >= 4 is 29.3 Å². The van der Waals surface area contributed by atoms with Crippen LogP contribution in [-0.2, 0) is 4.79 Å². The zero-order valence-electron chi connectivity index (χ0n) is 12.1. The summed E-state index contributed by atoms with van der Waals surface area (Å²) < 4.78 is 18.3. The number of benzene rings is 1. The lowest BCUT2D eigenvalue weighted by atomic mass is 10.3. The molecule has 0 aliphatic rings. The molecule has 6 nitrogen and oxygen atoms in total. The largest absolute Gasteiger partial charge is 0.495 e. The summed E-state index contributed by atoms with van der Waals surface area (Å²) in [6.07, 6.45) is 1.45. The van der Waals surface area contributed by atoms with Crippen molar-refractivity contribution in [1.29, 1.82) is 0 Å². The molecule has 0 radical (unpaired) electrons. The van der Waals surface area contributed by atoms with Crippen LogP contribution in [-0.4, -0.2) is 34.8 Å². The van der Waals surface area contributed by atoms with Gasteiger partial charge < -0.3 is 15.2 Å². The molecule has 0 fully saturated rings.